The Kier molecular flexibility index (Phi) is 6.30. The van der Waals surface area contributed by atoms with Crippen molar-refractivity contribution >= 4 is 22.9 Å². The lowest BCUT2D eigenvalue weighted by Crippen LogP contribution is -2.14. The number of hydrogen-bond acceptors (Lipinski definition) is 4. The van der Waals surface area contributed by atoms with Crippen molar-refractivity contribution in [2.75, 3.05) is 13.2 Å². The molecule has 0 aliphatic rings. The van der Waals surface area contributed by atoms with Gasteiger partial charge in [-0.3, -0.25) is 0 Å². The molecule has 3 nitrogen and oxygen atoms in total. The molecule has 0 amide bonds. The van der Waals surface area contributed by atoms with Crippen LogP contribution < -0.4 is 10.1 Å². The number of thiophene rings is 1. The van der Waals surface area contributed by atoms with Crippen molar-refractivity contribution in [1.82, 2.24) is 10.3 Å². The second-order valence-corrected chi connectivity index (χ2v) is 5.92. The summed E-state index contributed by atoms with van der Waals surface area (Å²) in [6.07, 6.45) is 3.82. The van der Waals surface area contributed by atoms with E-state index < -0.39 is 0 Å². The highest BCUT2D eigenvalue weighted by Crippen LogP contribution is 2.22. The molecule has 0 aromatic carbocycles. The smallest absolute Gasteiger partial charge is 0.232 e. The summed E-state index contributed by atoms with van der Waals surface area (Å²) in [4.78, 5) is 5.59. The zero-order valence-corrected chi connectivity index (χ0v) is 13.1. The van der Waals surface area contributed by atoms with E-state index in [1.165, 1.54) is 4.88 Å². The van der Waals surface area contributed by atoms with Crippen LogP contribution in [0.1, 0.15) is 23.8 Å². The van der Waals surface area contributed by atoms with Gasteiger partial charge >= 0.3 is 0 Å². The van der Waals surface area contributed by atoms with E-state index >= 15 is 0 Å². The highest BCUT2D eigenvalue weighted by molar-refractivity contribution is 7.09. The second kappa shape index (κ2) is 8.25. The molecule has 0 radical (unpaired) electrons. The van der Waals surface area contributed by atoms with E-state index in [-0.39, 0.29) is 0 Å². The van der Waals surface area contributed by atoms with Crippen LogP contribution in [0.4, 0.5) is 0 Å². The third-order valence-corrected chi connectivity index (χ3v) is 3.99. The molecule has 2 aromatic heterocycles. The molecule has 0 aliphatic heterocycles. The average Bonchev–Trinajstić information content (AvgIpc) is 2.95. The highest BCUT2D eigenvalue weighted by atomic mass is 35.5. The summed E-state index contributed by atoms with van der Waals surface area (Å²) >= 11 is 7.92. The molecule has 0 saturated carbocycles. The summed E-state index contributed by atoms with van der Waals surface area (Å²) in [5, 5.41) is 5.97. The minimum Gasteiger partial charge on any atom is -0.476 e. The molecule has 2 heterocycles. The summed E-state index contributed by atoms with van der Waals surface area (Å²) in [5.41, 5.74) is 1.08. The quantitative estimate of drug-likeness (QED) is 0.750. The third kappa shape index (κ3) is 4.78. The van der Waals surface area contributed by atoms with Crippen molar-refractivity contribution in [3.8, 4) is 5.88 Å². The molecular formula is C15H19ClN2OS. The normalized spacial score (nSPS) is 10.7. The number of rotatable bonds is 8. The van der Waals surface area contributed by atoms with Gasteiger partial charge in [0.25, 0.3) is 0 Å². The van der Waals surface area contributed by atoms with E-state index in [9.17, 15) is 0 Å². The van der Waals surface area contributed by atoms with Gasteiger partial charge < -0.3 is 10.1 Å². The van der Waals surface area contributed by atoms with E-state index in [0.29, 0.717) is 17.5 Å². The fourth-order valence-corrected chi connectivity index (χ4v) is 2.71. The van der Waals surface area contributed by atoms with Crippen LogP contribution in [-0.4, -0.2) is 18.1 Å². The molecule has 0 aliphatic carbocycles. The van der Waals surface area contributed by atoms with Gasteiger partial charge in [0.15, 0.2) is 0 Å². The van der Waals surface area contributed by atoms with Crippen molar-refractivity contribution in [2.24, 2.45) is 0 Å². The van der Waals surface area contributed by atoms with E-state index in [4.69, 9.17) is 16.3 Å². The van der Waals surface area contributed by atoms with Crippen LogP contribution >= 0.6 is 22.9 Å². The molecule has 1 N–H and O–H groups in total. The molecule has 2 aromatic rings. The molecule has 0 saturated heterocycles. The van der Waals surface area contributed by atoms with Crippen LogP contribution in [-0.2, 0) is 13.0 Å². The maximum atomic E-state index is 6.19. The molecule has 0 atom stereocenters. The van der Waals surface area contributed by atoms with Gasteiger partial charge in [0.05, 0.1) is 6.61 Å². The van der Waals surface area contributed by atoms with Crippen molar-refractivity contribution < 1.29 is 4.74 Å². The summed E-state index contributed by atoms with van der Waals surface area (Å²) in [5.74, 6) is 0.516. The first-order valence-electron chi connectivity index (χ1n) is 6.80. The number of nitrogens with one attached hydrogen (secondary N) is 1. The van der Waals surface area contributed by atoms with Crippen molar-refractivity contribution in [2.45, 2.75) is 26.3 Å². The Morgan fingerprint density at radius 3 is 3.05 bits per heavy atom. The Hall–Kier alpha value is -1.10. The topological polar surface area (TPSA) is 34.2 Å². The first kappa shape index (κ1) is 15.3. The van der Waals surface area contributed by atoms with Gasteiger partial charge in [-0.1, -0.05) is 24.6 Å². The van der Waals surface area contributed by atoms with Gasteiger partial charge in [-0.15, -0.1) is 11.3 Å². The maximum absolute atomic E-state index is 6.19. The molecule has 0 fully saturated rings. The summed E-state index contributed by atoms with van der Waals surface area (Å²) in [6, 6.07) is 6.06. The Bertz CT molecular complexity index is 517. The number of ether oxygens (including phenoxy) is 1. The van der Waals surface area contributed by atoms with Gasteiger partial charge in [0.2, 0.25) is 5.88 Å². The van der Waals surface area contributed by atoms with E-state index in [2.05, 4.69) is 28.7 Å². The van der Waals surface area contributed by atoms with Crippen molar-refractivity contribution in [1.29, 1.82) is 0 Å². The van der Waals surface area contributed by atoms with Crippen molar-refractivity contribution in [3.63, 3.8) is 0 Å². The van der Waals surface area contributed by atoms with Gasteiger partial charge in [0.1, 0.15) is 5.02 Å². The Morgan fingerprint density at radius 1 is 1.45 bits per heavy atom. The number of aromatic nitrogens is 1. The van der Waals surface area contributed by atoms with Gasteiger partial charge in [-0.2, -0.15) is 0 Å². The SMILES string of the molecule is CCCNCc1cnc(OCCc2cccs2)c(Cl)c1. The standard InChI is InChI=1S/C15H19ClN2OS/c1-2-6-17-10-12-9-14(16)15(18-11-12)19-7-5-13-4-3-8-20-13/h3-4,8-9,11,17H,2,5-7,10H2,1H3. The van der Waals surface area contributed by atoms with Crippen LogP contribution in [0.3, 0.4) is 0 Å². The fraction of sp³-hybridized carbons (Fsp3) is 0.400. The highest BCUT2D eigenvalue weighted by Gasteiger charge is 2.05. The van der Waals surface area contributed by atoms with Gasteiger partial charge in [0, 0.05) is 24.0 Å². The zero-order chi connectivity index (χ0) is 14.2. The lowest BCUT2D eigenvalue weighted by Gasteiger charge is -2.08. The first-order valence-corrected chi connectivity index (χ1v) is 8.05. The third-order valence-electron chi connectivity index (χ3n) is 2.79. The zero-order valence-electron chi connectivity index (χ0n) is 11.6. The van der Waals surface area contributed by atoms with Crippen LogP contribution in [0.5, 0.6) is 5.88 Å². The maximum Gasteiger partial charge on any atom is 0.232 e. The number of pyridine rings is 1. The second-order valence-electron chi connectivity index (χ2n) is 4.49. The largest absolute Gasteiger partial charge is 0.476 e. The molecule has 2 rings (SSSR count). The minimum absolute atomic E-state index is 0.516. The minimum atomic E-state index is 0.516. The van der Waals surface area contributed by atoms with Crippen LogP contribution in [0, 0.1) is 0 Å². The average molecular weight is 311 g/mol. The van der Waals surface area contributed by atoms with E-state index in [0.717, 1.165) is 31.5 Å². The van der Waals surface area contributed by atoms with E-state index in [1.54, 1.807) is 11.3 Å². The van der Waals surface area contributed by atoms with Gasteiger partial charge in [-0.05, 0) is 36.0 Å². The van der Waals surface area contributed by atoms with Crippen LogP contribution in [0.2, 0.25) is 5.02 Å². The summed E-state index contributed by atoms with van der Waals surface area (Å²) < 4.78 is 5.63. The van der Waals surface area contributed by atoms with Crippen LogP contribution in [0.25, 0.3) is 0 Å². The fourth-order valence-electron chi connectivity index (χ4n) is 1.78. The first-order chi connectivity index (χ1) is 9.79. The molecule has 5 heteroatoms. The molecule has 108 valence electrons. The predicted octanol–water partition coefficient (Wildman–Crippen LogP) is 3.92. The monoisotopic (exact) mass is 310 g/mol. The predicted molar refractivity (Wildman–Crippen MR) is 84.8 cm³/mol. The Morgan fingerprint density at radius 2 is 2.35 bits per heavy atom. The van der Waals surface area contributed by atoms with Crippen LogP contribution in [0.15, 0.2) is 29.8 Å². The number of hydrogen-bond donors (Lipinski definition) is 1. The molecule has 0 spiro atoms. The lowest BCUT2D eigenvalue weighted by molar-refractivity contribution is 0.310. The molecule has 20 heavy (non-hydrogen) atoms. The summed E-state index contributed by atoms with van der Waals surface area (Å²) in [7, 11) is 0. The Labute approximate surface area is 129 Å². The Balaban J connectivity index is 1.82. The number of nitrogens with zero attached hydrogens (tertiary/aromatic N) is 1. The lowest BCUT2D eigenvalue weighted by atomic mass is 10.3. The number of halogens is 1. The molecule has 0 bridgehead atoms. The van der Waals surface area contributed by atoms with E-state index in [1.807, 2.05) is 18.3 Å². The van der Waals surface area contributed by atoms with Gasteiger partial charge in [-0.25, -0.2) is 4.98 Å². The molecule has 0 unspecified atom stereocenters. The molecular weight excluding hydrogens is 292 g/mol. The van der Waals surface area contributed by atoms with Crippen molar-refractivity contribution in [3.05, 3.63) is 45.2 Å². The summed E-state index contributed by atoms with van der Waals surface area (Å²) in [6.45, 7) is 4.52.